The molecule has 0 aliphatic heterocycles. The van der Waals surface area contributed by atoms with Crippen LogP contribution in [0, 0.1) is 0 Å². The van der Waals surface area contributed by atoms with Gasteiger partial charge in [0.2, 0.25) is 5.75 Å². The number of carbonyl (C=O) groups excluding carboxylic acids is 1. The Labute approximate surface area is 156 Å². The molecule has 1 amide bonds. The van der Waals surface area contributed by atoms with Gasteiger partial charge in [-0.2, -0.15) is 8.78 Å². The number of halogens is 2. The summed E-state index contributed by atoms with van der Waals surface area (Å²) in [7, 11) is 4.52. The molecule has 0 aliphatic rings. The second-order valence-corrected chi connectivity index (χ2v) is 5.56. The molecule has 0 aromatic heterocycles. The Kier molecular flexibility index (Phi) is 6.81. The third kappa shape index (κ3) is 4.99. The average molecular weight is 381 g/mol. The molecular weight excluding hydrogens is 360 g/mol. The van der Waals surface area contributed by atoms with Gasteiger partial charge in [-0.05, 0) is 48.9 Å². The predicted molar refractivity (Wildman–Crippen MR) is 95.1 cm³/mol. The van der Waals surface area contributed by atoms with E-state index in [4.69, 9.17) is 14.2 Å². The lowest BCUT2D eigenvalue weighted by Gasteiger charge is -2.19. The van der Waals surface area contributed by atoms with Crippen LogP contribution in [-0.4, -0.2) is 33.8 Å². The van der Waals surface area contributed by atoms with Crippen LogP contribution in [0.2, 0.25) is 0 Å². The fraction of sp³-hybridized carbons (Fsp3) is 0.316. The van der Waals surface area contributed by atoms with Crippen molar-refractivity contribution in [2.45, 2.75) is 19.6 Å². The topological polar surface area (TPSA) is 66.0 Å². The summed E-state index contributed by atoms with van der Waals surface area (Å²) >= 11 is 0. The summed E-state index contributed by atoms with van der Waals surface area (Å²) in [4.78, 5) is 12.4. The molecular formula is C19H21F2NO5. The summed E-state index contributed by atoms with van der Waals surface area (Å²) in [6.07, 6.45) is 0. The number of nitrogens with one attached hydrogen (secondary N) is 1. The number of hydrogen-bond donors (Lipinski definition) is 1. The van der Waals surface area contributed by atoms with E-state index in [1.807, 2.05) is 0 Å². The van der Waals surface area contributed by atoms with Crippen molar-refractivity contribution in [1.82, 2.24) is 5.32 Å². The maximum absolute atomic E-state index is 12.4. The summed E-state index contributed by atoms with van der Waals surface area (Å²) in [5, 5.41) is 2.83. The van der Waals surface area contributed by atoms with Crippen molar-refractivity contribution in [3.63, 3.8) is 0 Å². The molecule has 0 radical (unpaired) electrons. The first-order chi connectivity index (χ1) is 12.9. The maximum Gasteiger partial charge on any atom is 0.387 e. The van der Waals surface area contributed by atoms with Crippen LogP contribution in [0.1, 0.15) is 28.9 Å². The number of carbonyl (C=O) groups is 1. The standard InChI is InChI=1S/C19H21F2NO5/c1-11(13-9-15(24-2)17(26-4)16(10-13)25-3)22-18(23)12-5-7-14(8-6-12)27-19(20)21/h5-11,19H,1-4H3,(H,22,23). The lowest BCUT2D eigenvalue weighted by Crippen LogP contribution is -2.26. The maximum atomic E-state index is 12.4. The molecule has 1 unspecified atom stereocenters. The predicted octanol–water partition coefficient (Wildman–Crippen LogP) is 3.80. The molecule has 0 spiro atoms. The van der Waals surface area contributed by atoms with E-state index >= 15 is 0 Å². The highest BCUT2D eigenvalue weighted by molar-refractivity contribution is 5.94. The summed E-state index contributed by atoms with van der Waals surface area (Å²) in [5.74, 6) is 1.03. The molecule has 2 aromatic rings. The van der Waals surface area contributed by atoms with Crippen molar-refractivity contribution >= 4 is 5.91 Å². The van der Waals surface area contributed by atoms with Gasteiger partial charge in [0, 0.05) is 5.56 Å². The van der Waals surface area contributed by atoms with E-state index in [1.165, 1.54) is 45.6 Å². The number of methoxy groups -OCH3 is 3. The molecule has 2 rings (SSSR count). The molecule has 6 nitrogen and oxygen atoms in total. The second kappa shape index (κ2) is 9.07. The van der Waals surface area contributed by atoms with Gasteiger partial charge in [-0.1, -0.05) is 0 Å². The molecule has 0 heterocycles. The Morgan fingerprint density at radius 2 is 1.52 bits per heavy atom. The van der Waals surface area contributed by atoms with E-state index in [0.29, 0.717) is 22.8 Å². The minimum absolute atomic E-state index is 0.0146. The first kappa shape index (κ1) is 20.3. The molecule has 0 saturated carbocycles. The van der Waals surface area contributed by atoms with E-state index in [-0.39, 0.29) is 17.7 Å². The first-order valence-corrected chi connectivity index (χ1v) is 8.05. The van der Waals surface area contributed by atoms with Gasteiger partial charge in [-0.15, -0.1) is 0 Å². The van der Waals surface area contributed by atoms with Crippen LogP contribution in [0.3, 0.4) is 0 Å². The number of rotatable bonds is 8. The summed E-state index contributed by atoms with van der Waals surface area (Å²) in [6, 6.07) is 8.56. The van der Waals surface area contributed by atoms with Gasteiger partial charge >= 0.3 is 6.61 Å². The van der Waals surface area contributed by atoms with Crippen LogP contribution in [0.5, 0.6) is 23.0 Å². The highest BCUT2D eigenvalue weighted by Gasteiger charge is 2.18. The van der Waals surface area contributed by atoms with Gasteiger partial charge in [0.1, 0.15) is 5.75 Å². The van der Waals surface area contributed by atoms with Crippen LogP contribution < -0.4 is 24.3 Å². The third-order valence-electron chi connectivity index (χ3n) is 3.88. The molecule has 27 heavy (non-hydrogen) atoms. The largest absolute Gasteiger partial charge is 0.493 e. The van der Waals surface area contributed by atoms with Crippen molar-refractivity contribution in [2.24, 2.45) is 0 Å². The molecule has 8 heteroatoms. The minimum atomic E-state index is -2.91. The Bertz CT molecular complexity index is 755. The molecule has 0 aliphatic carbocycles. The zero-order valence-electron chi connectivity index (χ0n) is 15.4. The van der Waals surface area contributed by atoms with E-state index in [0.717, 1.165) is 5.56 Å². The second-order valence-electron chi connectivity index (χ2n) is 5.56. The zero-order chi connectivity index (χ0) is 20.0. The van der Waals surface area contributed by atoms with Gasteiger partial charge in [-0.25, -0.2) is 0 Å². The smallest absolute Gasteiger partial charge is 0.387 e. The Hall–Kier alpha value is -3.03. The van der Waals surface area contributed by atoms with Crippen molar-refractivity contribution in [3.05, 3.63) is 47.5 Å². The van der Waals surface area contributed by atoms with E-state index in [2.05, 4.69) is 10.1 Å². The lowest BCUT2D eigenvalue weighted by molar-refractivity contribution is -0.0498. The molecule has 2 aromatic carbocycles. The molecule has 1 atom stereocenters. The van der Waals surface area contributed by atoms with Crippen LogP contribution in [-0.2, 0) is 0 Å². The normalized spacial score (nSPS) is 11.7. The van der Waals surface area contributed by atoms with Crippen LogP contribution in [0.4, 0.5) is 8.78 Å². The zero-order valence-corrected chi connectivity index (χ0v) is 15.4. The number of benzene rings is 2. The van der Waals surface area contributed by atoms with E-state index in [9.17, 15) is 13.6 Å². The third-order valence-corrected chi connectivity index (χ3v) is 3.88. The average Bonchev–Trinajstić information content (AvgIpc) is 2.66. The SMILES string of the molecule is COc1cc(C(C)NC(=O)c2ccc(OC(F)F)cc2)cc(OC)c1OC. The Balaban J connectivity index is 2.16. The monoisotopic (exact) mass is 381 g/mol. The molecule has 0 fully saturated rings. The fourth-order valence-electron chi connectivity index (χ4n) is 2.50. The molecule has 146 valence electrons. The van der Waals surface area contributed by atoms with Crippen molar-refractivity contribution < 1.29 is 32.5 Å². The minimum Gasteiger partial charge on any atom is -0.493 e. The lowest BCUT2D eigenvalue weighted by atomic mass is 10.1. The first-order valence-electron chi connectivity index (χ1n) is 8.05. The summed E-state index contributed by atoms with van der Waals surface area (Å²) in [6.45, 7) is -1.11. The molecule has 1 N–H and O–H groups in total. The number of amides is 1. The van der Waals surface area contributed by atoms with Gasteiger partial charge in [0.15, 0.2) is 11.5 Å². The van der Waals surface area contributed by atoms with Crippen LogP contribution in [0.15, 0.2) is 36.4 Å². The quantitative estimate of drug-likeness (QED) is 0.753. The summed E-state index contributed by atoms with van der Waals surface area (Å²) < 4.78 is 44.5. The van der Waals surface area contributed by atoms with Crippen molar-refractivity contribution in [2.75, 3.05) is 21.3 Å². The molecule has 0 bridgehead atoms. The number of ether oxygens (including phenoxy) is 4. The van der Waals surface area contributed by atoms with Gasteiger partial charge in [0.05, 0.1) is 27.4 Å². The highest BCUT2D eigenvalue weighted by atomic mass is 19.3. The molecule has 0 saturated heterocycles. The van der Waals surface area contributed by atoms with E-state index < -0.39 is 6.61 Å². The Morgan fingerprint density at radius 1 is 0.963 bits per heavy atom. The number of alkyl halides is 2. The van der Waals surface area contributed by atoms with Gasteiger partial charge < -0.3 is 24.3 Å². The Morgan fingerprint density at radius 3 is 1.96 bits per heavy atom. The van der Waals surface area contributed by atoms with E-state index in [1.54, 1.807) is 19.1 Å². The highest BCUT2D eigenvalue weighted by Crippen LogP contribution is 2.39. The van der Waals surface area contributed by atoms with Crippen molar-refractivity contribution in [1.29, 1.82) is 0 Å². The fourth-order valence-corrected chi connectivity index (χ4v) is 2.50. The van der Waals surface area contributed by atoms with Gasteiger partial charge in [0.25, 0.3) is 5.91 Å². The van der Waals surface area contributed by atoms with Crippen LogP contribution in [0.25, 0.3) is 0 Å². The number of hydrogen-bond acceptors (Lipinski definition) is 5. The summed E-state index contributed by atoms with van der Waals surface area (Å²) in [5.41, 5.74) is 1.06. The van der Waals surface area contributed by atoms with Crippen LogP contribution >= 0.6 is 0 Å². The van der Waals surface area contributed by atoms with Crippen molar-refractivity contribution in [3.8, 4) is 23.0 Å². The van der Waals surface area contributed by atoms with Gasteiger partial charge in [-0.3, -0.25) is 4.79 Å².